The van der Waals surface area contributed by atoms with Gasteiger partial charge < -0.3 is 5.32 Å². The number of carbonyl (C=O) groups excluding carboxylic acids is 1. The molecule has 0 heterocycles. The molecule has 0 aliphatic carbocycles. The molecule has 7 heteroatoms. The Kier molecular flexibility index (Phi) is 6.37. The van der Waals surface area contributed by atoms with Crippen molar-refractivity contribution >= 4 is 21.6 Å². The minimum Gasteiger partial charge on any atom is -0.350 e. The highest BCUT2D eigenvalue weighted by atomic mass is 32.2. The molecule has 5 nitrogen and oxygen atoms in total. The van der Waals surface area contributed by atoms with E-state index >= 15 is 0 Å². The summed E-state index contributed by atoms with van der Waals surface area (Å²) >= 11 is 0. The fourth-order valence-electron chi connectivity index (χ4n) is 2.45. The van der Waals surface area contributed by atoms with Crippen LogP contribution in [-0.4, -0.2) is 27.1 Å². The molecule has 0 aliphatic rings. The largest absolute Gasteiger partial charge is 0.350 e. The maximum absolute atomic E-state index is 13.6. The first-order valence-electron chi connectivity index (χ1n) is 8.26. The van der Waals surface area contributed by atoms with Gasteiger partial charge in [-0.15, -0.1) is 0 Å². The molecular formula is C19H23FN2O3S. The first-order chi connectivity index (χ1) is 12.2. The Morgan fingerprint density at radius 1 is 1.12 bits per heavy atom. The molecule has 0 saturated carbocycles. The Morgan fingerprint density at radius 2 is 1.73 bits per heavy atom. The predicted molar refractivity (Wildman–Crippen MR) is 101 cm³/mol. The summed E-state index contributed by atoms with van der Waals surface area (Å²) in [5, 5.41) is 2.56. The van der Waals surface area contributed by atoms with Crippen LogP contribution in [0.3, 0.4) is 0 Å². The number of nitrogens with one attached hydrogen (secondary N) is 1. The van der Waals surface area contributed by atoms with Gasteiger partial charge in [0.05, 0.1) is 11.9 Å². The summed E-state index contributed by atoms with van der Waals surface area (Å²) in [6.07, 6.45) is 1.05. The summed E-state index contributed by atoms with van der Waals surface area (Å²) < 4.78 is 38.8. The zero-order chi connectivity index (χ0) is 19.3. The predicted octanol–water partition coefficient (Wildman–Crippen LogP) is 3.03. The highest BCUT2D eigenvalue weighted by Gasteiger charge is 2.21. The van der Waals surface area contributed by atoms with Gasteiger partial charge in [-0.3, -0.25) is 9.10 Å². The number of benzene rings is 2. The maximum atomic E-state index is 13.6. The van der Waals surface area contributed by atoms with Gasteiger partial charge in [-0.1, -0.05) is 44.2 Å². The molecule has 1 amide bonds. The van der Waals surface area contributed by atoms with Crippen molar-refractivity contribution in [3.05, 3.63) is 65.5 Å². The molecule has 2 aromatic rings. The van der Waals surface area contributed by atoms with Crippen molar-refractivity contribution < 1.29 is 17.6 Å². The van der Waals surface area contributed by atoms with Crippen LogP contribution < -0.4 is 9.62 Å². The van der Waals surface area contributed by atoms with Gasteiger partial charge in [-0.2, -0.15) is 0 Å². The average Bonchev–Trinajstić information content (AvgIpc) is 2.58. The monoisotopic (exact) mass is 378 g/mol. The van der Waals surface area contributed by atoms with Crippen molar-refractivity contribution in [2.45, 2.75) is 26.3 Å². The van der Waals surface area contributed by atoms with E-state index in [1.165, 1.54) is 6.07 Å². The second kappa shape index (κ2) is 8.31. The topological polar surface area (TPSA) is 66.5 Å². The van der Waals surface area contributed by atoms with E-state index in [9.17, 15) is 17.6 Å². The molecule has 0 saturated heterocycles. The summed E-state index contributed by atoms with van der Waals surface area (Å²) in [6, 6.07) is 13.2. The molecule has 0 aliphatic heterocycles. The van der Waals surface area contributed by atoms with Gasteiger partial charge in [0.15, 0.2) is 0 Å². The van der Waals surface area contributed by atoms with Crippen molar-refractivity contribution in [1.29, 1.82) is 0 Å². The number of nitrogens with zero attached hydrogens (tertiary/aromatic N) is 1. The second-order valence-electron chi connectivity index (χ2n) is 6.38. The van der Waals surface area contributed by atoms with E-state index in [0.717, 1.165) is 16.1 Å². The van der Waals surface area contributed by atoms with E-state index in [2.05, 4.69) is 5.32 Å². The molecule has 0 unspecified atom stereocenters. The molecule has 26 heavy (non-hydrogen) atoms. The van der Waals surface area contributed by atoms with Crippen molar-refractivity contribution in [3.8, 4) is 0 Å². The Morgan fingerprint density at radius 3 is 2.27 bits per heavy atom. The third kappa shape index (κ3) is 5.29. The molecule has 0 bridgehead atoms. The highest BCUT2D eigenvalue weighted by molar-refractivity contribution is 7.92. The summed E-state index contributed by atoms with van der Waals surface area (Å²) in [5.41, 5.74) is 1.83. The van der Waals surface area contributed by atoms with Crippen LogP contribution in [0.5, 0.6) is 0 Å². The standard InChI is InChI=1S/C19H23FN2O3S/c1-14(2)15-8-10-17(11-9-15)22(26(3,24)25)13-19(23)21-12-16-6-4-5-7-18(16)20/h4-11,14H,12-13H2,1-3H3,(H,21,23). The smallest absolute Gasteiger partial charge is 0.241 e. The zero-order valence-corrected chi connectivity index (χ0v) is 15.9. The van der Waals surface area contributed by atoms with E-state index < -0.39 is 21.7 Å². The van der Waals surface area contributed by atoms with Crippen LogP contribution in [0.2, 0.25) is 0 Å². The first-order valence-corrected chi connectivity index (χ1v) is 10.1. The SMILES string of the molecule is CC(C)c1ccc(N(CC(=O)NCc2ccccc2F)S(C)(=O)=O)cc1. The van der Waals surface area contributed by atoms with Gasteiger partial charge in [-0.05, 0) is 29.7 Å². The van der Waals surface area contributed by atoms with Crippen LogP contribution in [0, 0.1) is 5.82 Å². The molecule has 0 aromatic heterocycles. The number of rotatable bonds is 7. The lowest BCUT2D eigenvalue weighted by atomic mass is 10.0. The van der Waals surface area contributed by atoms with Crippen molar-refractivity contribution in [2.75, 3.05) is 17.1 Å². The molecule has 2 rings (SSSR count). The number of hydrogen-bond donors (Lipinski definition) is 1. The molecule has 0 fully saturated rings. The lowest BCUT2D eigenvalue weighted by Gasteiger charge is -2.22. The second-order valence-corrected chi connectivity index (χ2v) is 8.29. The number of carbonyl (C=O) groups is 1. The fraction of sp³-hybridized carbons (Fsp3) is 0.316. The van der Waals surface area contributed by atoms with E-state index in [1.54, 1.807) is 30.3 Å². The number of amides is 1. The Balaban J connectivity index is 2.10. The van der Waals surface area contributed by atoms with Crippen LogP contribution >= 0.6 is 0 Å². The Bertz CT molecular complexity index is 865. The molecule has 1 N–H and O–H groups in total. The van der Waals surface area contributed by atoms with Crippen LogP contribution in [-0.2, 0) is 21.4 Å². The Hall–Kier alpha value is -2.41. The van der Waals surface area contributed by atoms with Crippen LogP contribution in [0.4, 0.5) is 10.1 Å². The normalized spacial score (nSPS) is 11.4. The van der Waals surface area contributed by atoms with Crippen LogP contribution in [0.15, 0.2) is 48.5 Å². The minimum atomic E-state index is -3.64. The summed E-state index contributed by atoms with van der Waals surface area (Å²) in [7, 11) is -3.64. The average molecular weight is 378 g/mol. The molecule has 2 aromatic carbocycles. The number of sulfonamides is 1. The quantitative estimate of drug-likeness (QED) is 0.805. The molecular weight excluding hydrogens is 355 g/mol. The molecule has 0 radical (unpaired) electrons. The van der Waals surface area contributed by atoms with Crippen LogP contribution in [0.25, 0.3) is 0 Å². The fourth-order valence-corrected chi connectivity index (χ4v) is 3.30. The van der Waals surface area contributed by atoms with Crippen molar-refractivity contribution in [3.63, 3.8) is 0 Å². The molecule has 0 spiro atoms. The first kappa shape index (κ1) is 19.9. The summed E-state index contributed by atoms with van der Waals surface area (Å²) in [5.74, 6) is -0.608. The van der Waals surface area contributed by atoms with E-state index in [0.29, 0.717) is 17.2 Å². The number of halogens is 1. The van der Waals surface area contributed by atoms with Gasteiger partial charge in [0.2, 0.25) is 15.9 Å². The van der Waals surface area contributed by atoms with E-state index in [4.69, 9.17) is 0 Å². The zero-order valence-electron chi connectivity index (χ0n) is 15.1. The van der Waals surface area contributed by atoms with E-state index in [1.807, 2.05) is 26.0 Å². The lowest BCUT2D eigenvalue weighted by molar-refractivity contribution is -0.119. The van der Waals surface area contributed by atoms with Crippen molar-refractivity contribution in [1.82, 2.24) is 5.32 Å². The molecule has 0 atom stereocenters. The summed E-state index contributed by atoms with van der Waals surface area (Å²) in [4.78, 5) is 12.2. The van der Waals surface area contributed by atoms with Gasteiger partial charge in [0.25, 0.3) is 0 Å². The van der Waals surface area contributed by atoms with Crippen LogP contribution in [0.1, 0.15) is 30.9 Å². The Labute approximate surface area is 153 Å². The third-order valence-electron chi connectivity index (χ3n) is 3.97. The third-order valence-corrected chi connectivity index (χ3v) is 5.11. The minimum absolute atomic E-state index is 0.00457. The lowest BCUT2D eigenvalue weighted by Crippen LogP contribution is -2.40. The van der Waals surface area contributed by atoms with Gasteiger partial charge in [-0.25, -0.2) is 12.8 Å². The van der Waals surface area contributed by atoms with E-state index in [-0.39, 0.29) is 13.1 Å². The van der Waals surface area contributed by atoms with Crippen molar-refractivity contribution in [2.24, 2.45) is 0 Å². The number of hydrogen-bond acceptors (Lipinski definition) is 3. The summed E-state index contributed by atoms with van der Waals surface area (Å²) in [6.45, 7) is 3.71. The van der Waals surface area contributed by atoms with Gasteiger partial charge >= 0.3 is 0 Å². The maximum Gasteiger partial charge on any atom is 0.241 e. The highest BCUT2D eigenvalue weighted by Crippen LogP contribution is 2.21. The molecule has 140 valence electrons. The van der Waals surface area contributed by atoms with Gasteiger partial charge in [0.1, 0.15) is 12.4 Å². The number of anilines is 1. The van der Waals surface area contributed by atoms with Gasteiger partial charge in [0, 0.05) is 12.1 Å².